The van der Waals surface area contributed by atoms with Crippen LogP contribution in [0.1, 0.15) is 246 Å². The number of nitrogens with zero attached hydrogens (tertiary/aromatic N) is 10. The molecular weight excluding hydrogens is 1620 g/mol. The van der Waals surface area contributed by atoms with Crippen molar-refractivity contribution < 1.29 is 4.79 Å². The van der Waals surface area contributed by atoms with Gasteiger partial charge in [-0.05, 0) is 110 Å². The first-order valence-corrected chi connectivity index (χ1v) is 42.3. The Balaban J connectivity index is 0.000000672. The van der Waals surface area contributed by atoms with Crippen molar-refractivity contribution in [1.82, 2.24) is 87.0 Å². The third-order valence-electron chi connectivity index (χ3n) is 17.6. The van der Waals surface area contributed by atoms with Crippen molar-refractivity contribution in [2.45, 2.75) is 235 Å². The maximum atomic E-state index is 11.2. The van der Waals surface area contributed by atoms with E-state index in [1.54, 1.807) is 37.8 Å². The number of H-pyrrole nitrogens is 4. The molecule has 1 unspecified atom stereocenters. The van der Waals surface area contributed by atoms with Gasteiger partial charge in [-0.25, -0.2) is 29.2 Å². The summed E-state index contributed by atoms with van der Waals surface area (Å²) in [5.74, 6) is 10.3. The Morgan fingerprint density at radius 3 is 1.53 bits per heavy atom. The van der Waals surface area contributed by atoms with Crippen molar-refractivity contribution in [3.05, 3.63) is 266 Å². The zero-order valence-electron chi connectivity index (χ0n) is 78.8. The van der Waals surface area contributed by atoms with Crippen molar-refractivity contribution in [3.8, 4) is 0 Å². The molecule has 30 nitrogen and oxygen atoms in total. The van der Waals surface area contributed by atoms with E-state index in [1.807, 2.05) is 121 Å². The van der Waals surface area contributed by atoms with Gasteiger partial charge in [0.2, 0.25) is 10.9 Å². The van der Waals surface area contributed by atoms with Crippen LogP contribution in [-0.2, 0) is 24.3 Å². The molecule has 4 aromatic heterocycles. The van der Waals surface area contributed by atoms with Crippen LogP contribution in [0, 0.1) is 35.5 Å². The van der Waals surface area contributed by atoms with E-state index in [-0.39, 0.29) is 61.9 Å². The molecule has 7 aliphatic heterocycles. The van der Waals surface area contributed by atoms with Crippen molar-refractivity contribution in [2.75, 3.05) is 18.4 Å². The number of allylic oxidation sites excluding steroid dienone is 9. The van der Waals surface area contributed by atoms with Crippen LogP contribution in [0.4, 0.5) is 5.69 Å². The minimum Gasteiger partial charge on any atom is -0.382 e. The number of amides is 1. The topological polar surface area (TPSA) is 401 Å². The van der Waals surface area contributed by atoms with Gasteiger partial charge in [0.05, 0.1) is 23.6 Å². The van der Waals surface area contributed by atoms with Gasteiger partial charge < -0.3 is 57.8 Å². The first-order valence-electron chi connectivity index (χ1n) is 41.6. The van der Waals surface area contributed by atoms with E-state index in [9.17, 15) is 33.6 Å². The molecule has 0 bridgehead atoms. The number of rotatable bonds is 12. The normalized spacial score (nSPS) is 15.7. The van der Waals surface area contributed by atoms with Crippen molar-refractivity contribution >= 4 is 57.1 Å². The summed E-state index contributed by atoms with van der Waals surface area (Å²) >= 11 is 3.31. The Kier molecular flexibility index (Phi) is 47.4. The predicted molar refractivity (Wildman–Crippen MR) is 516 cm³/mol. The first-order chi connectivity index (χ1) is 57.0. The highest BCUT2D eigenvalue weighted by Gasteiger charge is 2.31. The molecule has 0 fully saturated rings. The molecule has 5 aromatic rings. The maximum absolute atomic E-state index is 11.2. The average molecular weight is 1760 g/mol. The molecule has 1 aromatic carbocycles. The molecule has 0 radical (unpaired) electrons. The van der Waals surface area contributed by atoms with Crippen LogP contribution in [0.15, 0.2) is 229 Å². The highest BCUT2D eigenvalue weighted by molar-refractivity contribution is 9.11. The minimum atomic E-state index is -0.369. The molecule has 0 spiro atoms. The summed E-state index contributed by atoms with van der Waals surface area (Å²) in [5, 5.41) is 37.8. The summed E-state index contributed by atoms with van der Waals surface area (Å²) in [5.41, 5.74) is 9.03. The van der Waals surface area contributed by atoms with Crippen LogP contribution in [0.3, 0.4) is 0 Å². The van der Waals surface area contributed by atoms with Gasteiger partial charge in [0, 0.05) is 168 Å². The summed E-state index contributed by atoms with van der Waals surface area (Å²) in [6, 6.07) is 5.17. The number of anilines is 1. The number of aliphatic imine (C=N–C) groups is 5. The number of dihydropyridines is 1. The number of pyridine rings is 1. The number of hydrogen-bond donors (Lipinski definition) is 13. The predicted octanol–water partition coefficient (Wildman–Crippen LogP) is 14.9. The van der Waals surface area contributed by atoms with Gasteiger partial charge in [0.15, 0.2) is 5.43 Å². The number of aryl methyl sites for hydroxylation is 1. The van der Waals surface area contributed by atoms with E-state index in [0.717, 1.165) is 96.3 Å². The van der Waals surface area contributed by atoms with E-state index < -0.39 is 0 Å². The summed E-state index contributed by atoms with van der Waals surface area (Å²) < 4.78 is 3.19. The molecule has 13 N–H and O–H groups in total. The second kappa shape index (κ2) is 53.3. The highest BCUT2D eigenvalue weighted by Crippen LogP contribution is 2.26. The van der Waals surface area contributed by atoms with Crippen molar-refractivity contribution in [1.29, 1.82) is 0 Å². The number of carbonyl (C=O) groups is 1. The second-order valence-corrected chi connectivity index (χ2v) is 34.8. The van der Waals surface area contributed by atoms with Gasteiger partial charge in [0.1, 0.15) is 45.9 Å². The van der Waals surface area contributed by atoms with E-state index in [2.05, 4.69) is 273 Å². The molecule has 676 valence electrons. The lowest BCUT2D eigenvalue weighted by atomic mass is 9.82. The van der Waals surface area contributed by atoms with Crippen LogP contribution >= 0.6 is 15.9 Å². The lowest BCUT2D eigenvalue weighted by Gasteiger charge is -2.23. The fourth-order valence-electron chi connectivity index (χ4n) is 10.0. The van der Waals surface area contributed by atoms with Crippen molar-refractivity contribution in [2.24, 2.45) is 74.6 Å². The summed E-state index contributed by atoms with van der Waals surface area (Å²) in [7, 11) is 3.08. The molecule has 31 heteroatoms. The van der Waals surface area contributed by atoms with Gasteiger partial charge in [-0.2, -0.15) is 10.2 Å². The minimum absolute atomic E-state index is 0.0717. The fraction of sp³-hybridized carbons (Fsp3) is 0.489. The van der Waals surface area contributed by atoms with Crippen LogP contribution in [0.5, 0.6) is 0 Å². The highest BCUT2D eigenvalue weighted by atomic mass is 79.9. The number of hydrogen-bond acceptors (Lipinski definition) is 23. The molecular formula is C92H144BrN23O7. The molecule has 12 rings (SSSR count). The standard InChI is InChI=1S/C10H15NO2.C9H16N2.C9H13N.C8H11BrN2.C8H12N2O2.C8H12N2O.2C8H12N2.C8H11NO.C6H11N3O.C5H9N3.C5H10N2/c1-5-11-7-6(10(2,3)4)8(12)9(7)13;1-6(2)8-10-7(3)9(4,5)11-8;1-7(2)9-6-4-5-8(3)10-9;1-5(2)8-10-6(3)4-7(9)11-8;1-5(2)6-4-7(11)10(3)8(12)9-6;1-5(2)7-4-8(11)10-6(3)9-7;1-6(2)8-5-9-4-7(3)10-8;1-6(2)8-9-5-4-7(3)10-8;1-6(2)8-5-7(10)3-4-9-8;1-4(2)5-7-6(10)9(3)8-5;1-4(2)5-6-3-7-8-5;1-4-3-6-5(2)7-4/h11H,5H2,1-4H3;6H,3H2,1-2,4-5H3,(H,10,11);4-7,10H,3H2,1-2H3;4-5H,3H2,1-2H3,(H,10,11);4-5H,1-3H3,(H,9,12);4-5,9H,3H2,1-2H3,(H,10,11);4-6,10H,3H2,1-2H3;4-6H,3H2,1-2H3,(H,9,10);3-6H,1-2H3,(H,9,10);4H,1-3H3,(H,7,8,10);3-4H,1-2H3,(H,6,7,8);4H,3H2,1-2H3,(H,6,7). The quantitative estimate of drug-likeness (QED) is 0.0407. The first kappa shape index (κ1) is 109. The molecule has 0 saturated heterocycles. The third-order valence-corrected chi connectivity index (χ3v) is 18.0. The average Bonchev–Trinajstić information content (AvgIpc) is 1.39. The van der Waals surface area contributed by atoms with E-state index in [0.29, 0.717) is 82.7 Å². The van der Waals surface area contributed by atoms with E-state index >= 15 is 0 Å². The Hall–Kier alpha value is -11.6. The van der Waals surface area contributed by atoms with Gasteiger partial charge in [-0.1, -0.05) is 205 Å². The summed E-state index contributed by atoms with van der Waals surface area (Å²) in [6.07, 6.45) is 19.9. The largest absolute Gasteiger partial charge is 0.382 e. The number of carbonyl (C=O) groups excluding carboxylic acids is 1. The van der Waals surface area contributed by atoms with Gasteiger partial charge >= 0.3 is 11.4 Å². The second-order valence-electron chi connectivity index (χ2n) is 34.0. The summed E-state index contributed by atoms with van der Waals surface area (Å²) in [6.45, 7) is 81.5. The smallest absolute Gasteiger partial charge is 0.343 e. The molecule has 1 amide bonds. The number of aromatic amines is 4. The summed E-state index contributed by atoms with van der Waals surface area (Å²) in [4.78, 5) is 110. The Labute approximate surface area is 737 Å². The molecule has 0 saturated carbocycles. The Morgan fingerprint density at radius 2 is 1.18 bits per heavy atom. The zero-order valence-corrected chi connectivity index (χ0v) is 80.4. The lowest BCUT2D eigenvalue weighted by Crippen LogP contribution is -2.43. The number of aromatic nitrogens is 9. The maximum Gasteiger partial charge on any atom is 0.343 e. The monoisotopic (exact) mass is 1760 g/mol. The number of amidine groups is 4. The fourth-order valence-corrected chi connectivity index (χ4v) is 10.5. The number of nitrogens with one attached hydrogen (secondary N) is 13. The van der Waals surface area contributed by atoms with Crippen molar-refractivity contribution in [3.63, 3.8) is 0 Å². The SMILES string of the molecule is C=C1C=C(Br)N=C(C(C)C)N1.C=C1C=CC=C(C(C)C)N1.C=C1C=CN=C(C(C)C)N1.C=C1C=NC=C(C(C)C)N1.C=C1NC(=O)C=C(C(C)C)N1.C=C1NC(C(C)C)=NC1(C)C.CC(C)c1cc(=O)cc[nH]1.CC(C)c1cc(=O)n(C)c(=O)[nH]1.CC(C)c1ncn[nH]1.CC(C)c1nn(C)c(=O)[nH]1.CC1=NCC(C)N1.CCNc1c(C(C)(C)C)c(=O)c1=O. The number of halogens is 1. The Morgan fingerprint density at radius 1 is 0.610 bits per heavy atom. The molecule has 123 heavy (non-hydrogen) atoms. The van der Waals surface area contributed by atoms with Gasteiger partial charge in [0.25, 0.3) is 11.5 Å². The third kappa shape index (κ3) is 41.7. The molecule has 7 aliphatic rings. The van der Waals surface area contributed by atoms with Gasteiger partial charge in [-0.15, -0.1) is 0 Å². The van der Waals surface area contributed by atoms with Gasteiger partial charge in [-0.3, -0.25) is 53.6 Å². The molecule has 11 heterocycles. The van der Waals surface area contributed by atoms with Crippen LogP contribution in [0.25, 0.3) is 0 Å². The van der Waals surface area contributed by atoms with E-state index in [4.69, 9.17) is 0 Å². The molecule has 0 aliphatic carbocycles. The lowest BCUT2D eigenvalue weighted by molar-refractivity contribution is -0.116. The Bertz CT molecular complexity index is 4870. The van der Waals surface area contributed by atoms with Crippen LogP contribution < -0.4 is 81.1 Å². The van der Waals surface area contributed by atoms with Crippen LogP contribution in [0.2, 0.25) is 0 Å². The molecule has 1 atom stereocenters. The zero-order chi connectivity index (χ0) is 94.3. The van der Waals surface area contributed by atoms with E-state index in [1.165, 1.54) is 35.9 Å². The van der Waals surface area contributed by atoms with Crippen LogP contribution in [-0.4, -0.2) is 105 Å².